The molecule has 0 saturated heterocycles. The number of amides is 1. The number of carbonyl (C=O) groups excluding carboxylic acids is 1. The molecular weight excluding hydrogens is 338 g/mol. The summed E-state index contributed by atoms with van der Waals surface area (Å²) in [7, 11) is 0. The van der Waals surface area contributed by atoms with Crippen molar-refractivity contribution in [3.63, 3.8) is 0 Å². The Kier molecular flexibility index (Phi) is 5.40. The molecule has 0 aliphatic carbocycles. The average molecular weight is 356 g/mol. The zero-order valence-corrected chi connectivity index (χ0v) is 14.6. The summed E-state index contributed by atoms with van der Waals surface area (Å²) in [6, 6.07) is 17.1. The third-order valence-electron chi connectivity index (χ3n) is 3.78. The second kappa shape index (κ2) is 7.90. The fourth-order valence-corrected chi connectivity index (χ4v) is 2.55. The number of nitrogens with zero attached hydrogens (tertiary/aromatic N) is 5. The summed E-state index contributed by atoms with van der Waals surface area (Å²) in [6.45, 7) is 3.19. The van der Waals surface area contributed by atoms with Crippen LogP contribution in [0.25, 0.3) is 11.4 Å². The average Bonchev–Trinajstić information content (AvgIpc) is 3.09. The topological polar surface area (TPSA) is 63.9 Å². The van der Waals surface area contributed by atoms with E-state index in [-0.39, 0.29) is 12.5 Å². The van der Waals surface area contributed by atoms with Crippen molar-refractivity contribution in [2.75, 3.05) is 6.54 Å². The number of tetrazole rings is 1. The number of hydrogen-bond donors (Lipinski definition) is 0. The summed E-state index contributed by atoms with van der Waals surface area (Å²) in [4.78, 5) is 15.6. The molecule has 0 N–H and O–H groups in total. The number of hydrogen-bond acceptors (Lipinski definition) is 4. The van der Waals surface area contributed by atoms with Gasteiger partial charge in [0.1, 0.15) is 6.54 Å². The van der Waals surface area contributed by atoms with Gasteiger partial charge in [-0.25, -0.2) is 0 Å². The van der Waals surface area contributed by atoms with E-state index in [4.69, 9.17) is 11.6 Å². The van der Waals surface area contributed by atoms with Crippen LogP contribution < -0.4 is 0 Å². The largest absolute Gasteiger partial charge is 0.337 e. The molecule has 3 aromatic rings. The molecule has 6 nitrogen and oxygen atoms in total. The van der Waals surface area contributed by atoms with Crippen LogP contribution in [0.3, 0.4) is 0 Å². The van der Waals surface area contributed by atoms with E-state index in [1.807, 2.05) is 49.4 Å². The van der Waals surface area contributed by atoms with Crippen LogP contribution in [0, 0.1) is 0 Å². The third kappa shape index (κ3) is 4.42. The van der Waals surface area contributed by atoms with E-state index in [1.165, 1.54) is 4.80 Å². The van der Waals surface area contributed by atoms with Gasteiger partial charge in [0.25, 0.3) is 0 Å². The van der Waals surface area contributed by atoms with E-state index in [0.29, 0.717) is 23.9 Å². The highest BCUT2D eigenvalue weighted by Crippen LogP contribution is 2.17. The Morgan fingerprint density at radius 3 is 2.52 bits per heavy atom. The fraction of sp³-hybridized carbons (Fsp3) is 0.222. The first kappa shape index (κ1) is 17.1. The molecule has 128 valence electrons. The molecule has 25 heavy (non-hydrogen) atoms. The Bertz CT molecular complexity index is 832. The van der Waals surface area contributed by atoms with Crippen LogP contribution >= 0.6 is 11.6 Å². The molecule has 3 rings (SSSR count). The minimum absolute atomic E-state index is 0.0496. The van der Waals surface area contributed by atoms with Gasteiger partial charge >= 0.3 is 0 Å². The van der Waals surface area contributed by atoms with E-state index in [0.717, 1.165) is 11.1 Å². The Hall–Kier alpha value is -2.73. The van der Waals surface area contributed by atoms with E-state index in [1.54, 1.807) is 17.0 Å². The molecular formula is C18H18ClN5O. The molecule has 1 amide bonds. The summed E-state index contributed by atoms with van der Waals surface area (Å²) in [5, 5.41) is 12.9. The van der Waals surface area contributed by atoms with Gasteiger partial charge in [0.05, 0.1) is 0 Å². The highest BCUT2D eigenvalue weighted by atomic mass is 35.5. The van der Waals surface area contributed by atoms with E-state index >= 15 is 0 Å². The molecule has 0 unspecified atom stereocenters. The molecule has 0 radical (unpaired) electrons. The molecule has 0 fully saturated rings. The lowest BCUT2D eigenvalue weighted by atomic mass is 10.2. The predicted molar refractivity (Wildman–Crippen MR) is 95.8 cm³/mol. The quantitative estimate of drug-likeness (QED) is 0.681. The first-order chi connectivity index (χ1) is 12.2. The van der Waals surface area contributed by atoms with Gasteiger partial charge in [-0.2, -0.15) is 4.80 Å². The van der Waals surface area contributed by atoms with Crippen molar-refractivity contribution < 1.29 is 4.79 Å². The fourth-order valence-electron chi connectivity index (χ4n) is 2.43. The molecule has 1 heterocycles. The normalized spacial score (nSPS) is 10.6. The van der Waals surface area contributed by atoms with Crippen LogP contribution in [0.1, 0.15) is 12.5 Å². The van der Waals surface area contributed by atoms with Gasteiger partial charge < -0.3 is 4.90 Å². The maximum Gasteiger partial charge on any atom is 0.246 e. The van der Waals surface area contributed by atoms with Crippen LogP contribution in [0.2, 0.25) is 5.02 Å². The van der Waals surface area contributed by atoms with Gasteiger partial charge in [0, 0.05) is 23.7 Å². The van der Waals surface area contributed by atoms with Crippen LogP contribution in [0.4, 0.5) is 0 Å². The minimum atomic E-state index is -0.0496. The Balaban J connectivity index is 1.67. The molecule has 0 spiro atoms. The molecule has 0 aliphatic rings. The maximum absolute atomic E-state index is 12.5. The zero-order chi connectivity index (χ0) is 17.6. The van der Waals surface area contributed by atoms with E-state index < -0.39 is 0 Å². The molecule has 0 bridgehead atoms. The Morgan fingerprint density at radius 1 is 1.12 bits per heavy atom. The summed E-state index contributed by atoms with van der Waals surface area (Å²) in [5.41, 5.74) is 1.89. The molecule has 2 aromatic carbocycles. The zero-order valence-electron chi connectivity index (χ0n) is 13.8. The van der Waals surface area contributed by atoms with Crippen LogP contribution in [-0.2, 0) is 17.9 Å². The van der Waals surface area contributed by atoms with Gasteiger partial charge in [-0.1, -0.05) is 41.9 Å². The van der Waals surface area contributed by atoms with Crippen LogP contribution in [-0.4, -0.2) is 37.6 Å². The van der Waals surface area contributed by atoms with Crippen molar-refractivity contribution in [1.29, 1.82) is 0 Å². The number of carbonyl (C=O) groups is 1. The molecule has 1 aromatic heterocycles. The van der Waals surface area contributed by atoms with Crippen molar-refractivity contribution in [3.8, 4) is 11.4 Å². The SMILES string of the molecule is CCN(Cc1ccccc1)C(=O)Cn1nnc(-c2ccc(Cl)cc2)n1. The number of likely N-dealkylation sites (N-methyl/N-ethyl adjacent to an activating group) is 1. The van der Waals surface area contributed by atoms with Gasteiger partial charge in [-0.15, -0.1) is 10.2 Å². The number of aromatic nitrogens is 4. The highest BCUT2D eigenvalue weighted by Gasteiger charge is 2.15. The first-order valence-corrected chi connectivity index (χ1v) is 8.39. The standard InChI is InChI=1S/C18H18ClN5O/c1-2-23(12-14-6-4-3-5-7-14)17(25)13-24-21-18(20-22-24)15-8-10-16(19)11-9-15/h3-11H,2,12-13H2,1H3. The van der Waals surface area contributed by atoms with Gasteiger partial charge in [0.2, 0.25) is 11.7 Å². The number of rotatable bonds is 6. The molecule has 7 heteroatoms. The molecule has 0 saturated carbocycles. The van der Waals surface area contributed by atoms with Crippen molar-refractivity contribution in [2.24, 2.45) is 0 Å². The van der Waals surface area contributed by atoms with Crippen molar-refractivity contribution in [3.05, 3.63) is 65.2 Å². The summed E-state index contributed by atoms with van der Waals surface area (Å²) < 4.78 is 0. The Labute approximate surface area is 151 Å². The lowest BCUT2D eigenvalue weighted by molar-refractivity contribution is -0.132. The monoisotopic (exact) mass is 355 g/mol. The number of benzene rings is 2. The highest BCUT2D eigenvalue weighted by molar-refractivity contribution is 6.30. The third-order valence-corrected chi connectivity index (χ3v) is 4.03. The summed E-state index contributed by atoms with van der Waals surface area (Å²) in [5.74, 6) is 0.419. The minimum Gasteiger partial charge on any atom is -0.337 e. The van der Waals surface area contributed by atoms with E-state index in [2.05, 4.69) is 15.4 Å². The maximum atomic E-state index is 12.5. The summed E-state index contributed by atoms with van der Waals surface area (Å²) in [6.07, 6.45) is 0. The smallest absolute Gasteiger partial charge is 0.246 e. The Morgan fingerprint density at radius 2 is 1.84 bits per heavy atom. The number of halogens is 1. The lowest BCUT2D eigenvalue weighted by Gasteiger charge is -2.20. The van der Waals surface area contributed by atoms with Crippen LogP contribution in [0.5, 0.6) is 0 Å². The van der Waals surface area contributed by atoms with Crippen molar-refractivity contribution in [1.82, 2.24) is 25.1 Å². The lowest BCUT2D eigenvalue weighted by Crippen LogP contribution is -2.33. The second-order valence-corrected chi connectivity index (χ2v) is 5.98. The van der Waals surface area contributed by atoms with Crippen molar-refractivity contribution in [2.45, 2.75) is 20.0 Å². The van der Waals surface area contributed by atoms with Crippen molar-refractivity contribution >= 4 is 17.5 Å². The molecule has 0 aliphatic heterocycles. The van der Waals surface area contributed by atoms with Gasteiger partial charge in [-0.3, -0.25) is 4.79 Å². The summed E-state index contributed by atoms with van der Waals surface area (Å²) >= 11 is 5.88. The molecule has 0 atom stereocenters. The predicted octanol–water partition coefficient (Wildman–Crippen LogP) is 3.04. The van der Waals surface area contributed by atoms with Gasteiger partial charge in [-0.05, 0) is 42.0 Å². The first-order valence-electron chi connectivity index (χ1n) is 8.01. The van der Waals surface area contributed by atoms with Gasteiger partial charge in [0.15, 0.2) is 0 Å². The van der Waals surface area contributed by atoms with Crippen LogP contribution in [0.15, 0.2) is 54.6 Å². The second-order valence-electron chi connectivity index (χ2n) is 5.54. The van der Waals surface area contributed by atoms with E-state index in [9.17, 15) is 4.79 Å².